The molecule has 0 amide bonds. The highest BCUT2D eigenvalue weighted by Crippen LogP contribution is 2.28. The van der Waals surface area contributed by atoms with Gasteiger partial charge in [-0.1, -0.05) is 50.5 Å². The van der Waals surface area contributed by atoms with E-state index >= 15 is 0 Å². The first-order chi connectivity index (χ1) is 9.81. The number of aryl methyl sites for hydroxylation is 2. The van der Waals surface area contributed by atoms with E-state index in [0.717, 1.165) is 12.0 Å². The van der Waals surface area contributed by atoms with Crippen molar-refractivity contribution in [2.24, 2.45) is 5.92 Å². The van der Waals surface area contributed by atoms with Gasteiger partial charge in [0.15, 0.2) is 0 Å². The third-order valence-corrected chi connectivity index (χ3v) is 4.86. The van der Waals surface area contributed by atoms with Gasteiger partial charge >= 0.3 is 0 Å². The number of benzene rings is 1. The van der Waals surface area contributed by atoms with E-state index in [1.54, 1.807) is 0 Å². The van der Waals surface area contributed by atoms with Crippen molar-refractivity contribution in [3.63, 3.8) is 0 Å². The largest absolute Gasteiger partial charge is 0.314 e. The maximum absolute atomic E-state index is 3.83. The summed E-state index contributed by atoms with van der Waals surface area (Å²) in [4.78, 5) is 0. The highest BCUT2D eigenvalue weighted by atomic mass is 14.9. The minimum atomic E-state index is 0.731. The van der Waals surface area contributed by atoms with Crippen LogP contribution < -0.4 is 5.32 Å². The van der Waals surface area contributed by atoms with Gasteiger partial charge in [0, 0.05) is 6.04 Å². The van der Waals surface area contributed by atoms with Gasteiger partial charge in [0.25, 0.3) is 0 Å². The zero-order chi connectivity index (χ0) is 14.2. The van der Waals surface area contributed by atoms with Crippen LogP contribution in [0.4, 0.5) is 0 Å². The van der Waals surface area contributed by atoms with Gasteiger partial charge in [0.05, 0.1) is 0 Å². The fraction of sp³-hybridized carbons (Fsp3) is 0.684. The molecule has 0 bridgehead atoms. The third-order valence-electron chi connectivity index (χ3n) is 4.86. The van der Waals surface area contributed by atoms with Crippen molar-refractivity contribution in [3.05, 3.63) is 35.4 Å². The molecule has 0 radical (unpaired) electrons. The second-order valence-corrected chi connectivity index (χ2v) is 6.42. The normalized spacial score (nSPS) is 18.1. The number of nitrogens with one attached hydrogen (secondary N) is 1. The summed E-state index contributed by atoms with van der Waals surface area (Å²) in [6.07, 6.45) is 11.0. The highest BCUT2D eigenvalue weighted by molar-refractivity contribution is 5.25. The van der Waals surface area contributed by atoms with Crippen molar-refractivity contribution >= 4 is 0 Å². The van der Waals surface area contributed by atoms with E-state index < -0.39 is 0 Å². The Balaban J connectivity index is 1.91. The summed E-state index contributed by atoms with van der Waals surface area (Å²) >= 11 is 0. The Bertz CT molecular complexity index is 379. The lowest BCUT2D eigenvalue weighted by Crippen LogP contribution is -2.38. The zero-order valence-electron chi connectivity index (χ0n) is 13.3. The molecule has 0 spiro atoms. The van der Waals surface area contributed by atoms with E-state index in [2.05, 4.69) is 43.4 Å². The monoisotopic (exact) mass is 273 g/mol. The van der Waals surface area contributed by atoms with Crippen LogP contribution in [0, 0.1) is 12.8 Å². The molecule has 112 valence electrons. The van der Waals surface area contributed by atoms with Gasteiger partial charge in [-0.3, -0.25) is 0 Å². The topological polar surface area (TPSA) is 12.0 Å². The fourth-order valence-electron chi connectivity index (χ4n) is 3.57. The molecule has 1 atom stereocenters. The van der Waals surface area contributed by atoms with E-state index in [-0.39, 0.29) is 0 Å². The van der Waals surface area contributed by atoms with E-state index in [9.17, 15) is 0 Å². The lowest BCUT2D eigenvalue weighted by Gasteiger charge is -2.31. The van der Waals surface area contributed by atoms with Crippen LogP contribution in [0.3, 0.4) is 0 Å². The molecule has 0 saturated heterocycles. The van der Waals surface area contributed by atoms with Crippen LogP contribution in [0.5, 0.6) is 0 Å². The SMILES string of the molecule is CCCNC(CCc1ccccc1C)C1CCCCC1. The molecule has 1 aromatic carbocycles. The fourth-order valence-corrected chi connectivity index (χ4v) is 3.57. The maximum atomic E-state index is 3.83. The Kier molecular flexibility index (Phi) is 6.59. The summed E-state index contributed by atoms with van der Waals surface area (Å²) in [5.41, 5.74) is 2.98. The molecule has 1 saturated carbocycles. The first kappa shape index (κ1) is 15.6. The van der Waals surface area contributed by atoms with Gasteiger partial charge in [-0.25, -0.2) is 0 Å². The van der Waals surface area contributed by atoms with Crippen LogP contribution in [0.15, 0.2) is 24.3 Å². The second-order valence-electron chi connectivity index (χ2n) is 6.42. The number of rotatable bonds is 7. The van der Waals surface area contributed by atoms with Crippen molar-refractivity contribution in [1.29, 1.82) is 0 Å². The third kappa shape index (κ3) is 4.63. The molecule has 0 heterocycles. The summed E-state index contributed by atoms with van der Waals surface area (Å²) in [6.45, 7) is 5.69. The molecule has 1 aromatic rings. The average molecular weight is 273 g/mol. The summed E-state index contributed by atoms with van der Waals surface area (Å²) < 4.78 is 0. The van der Waals surface area contributed by atoms with E-state index in [4.69, 9.17) is 0 Å². The van der Waals surface area contributed by atoms with Crippen molar-refractivity contribution < 1.29 is 0 Å². The van der Waals surface area contributed by atoms with Crippen molar-refractivity contribution in [2.45, 2.75) is 71.3 Å². The van der Waals surface area contributed by atoms with Crippen molar-refractivity contribution in [2.75, 3.05) is 6.54 Å². The van der Waals surface area contributed by atoms with E-state index in [0.29, 0.717) is 0 Å². The summed E-state index contributed by atoms with van der Waals surface area (Å²) in [6, 6.07) is 9.59. The molecule has 1 unspecified atom stereocenters. The standard InChI is InChI=1S/C19H31N/c1-3-15-20-19(18-11-5-4-6-12-18)14-13-17-10-8-7-9-16(17)2/h7-10,18-20H,3-6,11-15H2,1-2H3. The quantitative estimate of drug-likeness (QED) is 0.747. The van der Waals surface area contributed by atoms with Crippen LogP contribution in [0.2, 0.25) is 0 Å². The highest BCUT2D eigenvalue weighted by Gasteiger charge is 2.22. The Morgan fingerprint density at radius 3 is 2.60 bits per heavy atom. The molecule has 1 heteroatoms. The van der Waals surface area contributed by atoms with Crippen LogP contribution in [0.25, 0.3) is 0 Å². The molecule has 1 nitrogen and oxygen atoms in total. The predicted molar refractivity (Wildman–Crippen MR) is 88.2 cm³/mol. The Morgan fingerprint density at radius 1 is 1.15 bits per heavy atom. The van der Waals surface area contributed by atoms with Gasteiger partial charge in [0.2, 0.25) is 0 Å². The Hall–Kier alpha value is -0.820. The van der Waals surface area contributed by atoms with Crippen molar-refractivity contribution in [1.82, 2.24) is 5.32 Å². The lowest BCUT2D eigenvalue weighted by atomic mass is 9.81. The minimum absolute atomic E-state index is 0.731. The predicted octanol–water partition coefficient (Wildman–Crippen LogP) is 4.88. The maximum Gasteiger partial charge on any atom is 0.00984 e. The van der Waals surface area contributed by atoms with Gasteiger partial charge in [0.1, 0.15) is 0 Å². The molecule has 0 aromatic heterocycles. The van der Waals surface area contributed by atoms with Crippen LogP contribution in [-0.2, 0) is 6.42 Å². The molecule has 1 N–H and O–H groups in total. The Labute approximate surface area is 125 Å². The van der Waals surface area contributed by atoms with Gasteiger partial charge in [-0.05, 0) is 62.6 Å². The average Bonchev–Trinajstić information content (AvgIpc) is 2.50. The first-order valence-electron chi connectivity index (χ1n) is 8.59. The zero-order valence-corrected chi connectivity index (χ0v) is 13.3. The molecular weight excluding hydrogens is 242 g/mol. The molecule has 1 fully saturated rings. The minimum Gasteiger partial charge on any atom is -0.314 e. The smallest absolute Gasteiger partial charge is 0.00984 e. The Morgan fingerprint density at radius 2 is 1.90 bits per heavy atom. The van der Waals surface area contributed by atoms with Gasteiger partial charge in [-0.15, -0.1) is 0 Å². The van der Waals surface area contributed by atoms with Crippen molar-refractivity contribution in [3.8, 4) is 0 Å². The van der Waals surface area contributed by atoms with Crippen LogP contribution >= 0.6 is 0 Å². The summed E-state index contributed by atoms with van der Waals surface area (Å²) in [5, 5.41) is 3.83. The summed E-state index contributed by atoms with van der Waals surface area (Å²) in [5.74, 6) is 0.916. The molecule has 0 aliphatic heterocycles. The lowest BCUT2D eigenvalue weighted by molar-refractivity contribution is 0.258. The summed E-state index contributed by atoms with van der Waals surface area (Å²) in [7, 11) is 0. The van der Waals surface area contributed by atoms with Gasteiger partial charge in [-0.2, -0.15) is 0 Å². The molecule has 2 rings (SSSR count). The van der Waals surface area contributed by atoms with Crippen LogP contribution in [0.1, 0.15) is 63.0 Å². The molecular formula is C19H31N. The number of hydrogen-bond donors (Lipinski definition) is 1. The second kappa shape index (κ2) is 8.46. The van der Waals surface area contributed by atoms with E-state index in [1.807, 2.05) is 0 Å². The molecule has 1 aliphatic rings. The number of hydrogen-bond acceptors (Lipinski definition) is 1. The van der Waals surface area contributed by atoms with E-state index in [1.165, 1.54) is 69.0 Å². The molecule has 1 aliphatic carbocycles. The van der Waals surface area contributed by atoms with Crippen LogP contribution in [-0.4, -0.2) is 12.6 Å². The first-order valence-corrected chi connectivity index (χ1v) is 8.59. The molecule has 20 heavy (non-hydrogen) atoms. The van der Waals surface area contributed by atoms with Gasteiger partial charge < -0.3 is 5.32 Å².